The van der Waals surface area contributed by atoms with Gasteiger partial charge in [0.25, 0.3) is 5.91 Å². The first kappa shape index (κ1) is 11.1. The maximum atomic E-state index is 10.4. The Morgan fingerprint density at radius 2 is 2.14 bits per heavy atom. The van der Waals surface area contributed by atoms with Gasteiger partial charge in [0.2, 0.25) is 0 Å². The molecule has 0 aromatic carbocycles. The predicted octanol–water partition coefficient (Wildman–Crippen LogP) is -3.59. The van der Waals surface area contributed by atoms with Crippen molar-refractivity contribution in [3.63, 3.8) is 0 Å². The maximum Gasteiger partial charge on any atom is 0.316 e. The van der Waals surface area contributed by atoms with E-state index in [0.717, 1.165) is 0 Å². The minimum absolute atomic E-state index is 0.610. The molecule has 1 aliphatic rings. The van der Waals surface area contributed by atoms with E-state index < -0.39 is 36.9 Å². The van der Waals surface area contributed by atoms with Crippen molar-refractivity contribution in [3.8, 4) is 0 Å². The van der Waals surface area contributed by atoms with Crippen LogP contribution in [-0.4, -0.2) is 57.3 Å². The number of hydrogen-bond donors (Lipinski definition) is 6. The topological polar surface area (TPSA) is 145 Å². The molecule has 14 heavy (non-hydrogen) atoms. The van der Waals surface area contributed by atoms with Gasteiger partial charge in [-0.1, -0.05) is 0 Å². The normalized spacial score (nSPS) is 42.4. The summed E-state index contributed by atoms with van der Waals surface area (Å²) >= 11 is 0. The van der Waals surface area contributed by atoms with Gasteiger partial charge in [-0.25, -0.2) is 4.79 Å². The van der Waals surface area contributed by atoms with Crippen molar-refractivity contribution in [1.82, 2.24) is 5.32 Å². The van der Waals surface area contributed by atoms with Crippen molar-refractivity contribution in [1.29, 1.82) is 0 Å². The molecule has 1 unspecified atom stereocenters. The second-order valence-electron chi connectivity index (χ2n) is 2.96. The maximum absolute atomic E-state index is 10.4. The van der Waals surface area contributed by atoms with E-state index in [0.29, 0.717) is 0 Å². The minimum Gasteiger partial charge on any atom is -0.394 e. The summed E-state index contributed by atoms with van der Waals surface area (Å²) in [5.74, 6) is -2.46. The molecular formula is C6H12N2O6. The van der Waals surface area contributed by atoms with Gasteiger partial charge in [0.05, 0.1) is 6.61 Å². The monoisotopic (exact) mass is 208 g/mol. The number of amides is 2. The minimum atomic E-state index is -2.46. The molecule has 0 aliphatic carbocycles. The van der Waals surface area contributed by atoms with E-state index in [1.165, 1.54) is 0 Å². The SMILES string of the molecule is NC(=O)NC1(O)O[C@H](CO)[C@@H](O)[C@H]1O. The first-order valence-corrected chi connectivity index (χ1v) is 3.85. The van der Waals surface area contributed by atoms with Crippen LogP contribution in [0, 0.1) is 0 Å². The van der Waals surface area contributed by atoms with Crippen LogP contribution in [-0.2, 0) is 4.74 Å². The van der Waals surface area contributed by atoms with Crippen LogP contribution in [0.2, 0.25) is 0 Å². The zero-order valence-electron chi connectivity index (χ0n) is 7.12. The summed E-state index contributed by atoms with van der Waals surface area (Å²) in [5.41, 5.74) is 4.71. The van der Waals surface area contributed by atoms with Gasteiger partial charge in [-0.3, -0.25) is 5.32 Å². The first-order chi connectivity index (χ1) is 6.40. The largest absolute Gasteiger partial charge is 0.394 e. The molecule has 0 aromatic heterocycles. The Morgan fingerprint density at radius 1 is 1.57 bits per heavy atom. The van der Waals surface area contributed by atoms with E-state index in [1.807, 2.05) is 0 Å². The van der Waals surface area contributed by atoms with Crippen molar-refractivity contribution >= 4 is 6.03 Å². The fourth-order valence-electron chi connectivity index (χ4n) is 1.23. The number of nitrogens with two attached hydrogens (primary N) is 1. The molecule has 1 rings (SSSR count). The Labute approximate surface area is 78.9 Å². The lowest BCUT2D eigenvalue weighted by molar-refractivity contribution is -0.241. The summed E-state index contributed by atoms with van der Waals surface area (Å²) in [5, 5.41) is 38.3. The molecule has 0 spiro atoms. The van der Waals surface area contributed by atoms with E-state index in [9.17, 15) is 20.1 Å². The lowest BCUT2D eigenvalue weighted by Crippen LogP contribution is -2.58. The summed E-state index contributed by atoms with van der Waals surface area (Å²) in [6, 6.07) is -1.13. The van der Waals surface area contributed by atoms with E-state index in [2.05, 4.69) is 4.74 Å². The fraction of sp³-hybridized carbons (Fsp3) is 0.833. The molecule has 82 valence electrons. The van der Waals surface area contributed by atoms with Crippen LogP contribution < -0.4 is 11.1 Å². The lowest BCUT2D eigenvalue weighted by atomic mass is 10.1. The predicted molar refractivity (Wildman–Crippen MR) is 41.6 cm³/mol. The molecule has 2 amide bonds. The molecule has 0 bridgehead atoms. The Morgan fingerprint density at radius 3 is 2.50 bits per heavy atom. The summed E-state index contributed by atoms with van der Waals surface area (Å²) in [7, 11) is 0. The number of ether oxygens (including phenoxy) is 1. The van der Waals surface area contributed by atoms with Gasteiger partial charge >= 0.3 is 6.03 Å². The molecule has 0 aromatic rings. The smallest absolute Gasteiger partial charge is 0.316 e. The van der Waals surface area contributed by atoms with Gasteiger partial charge in [-0.2, -0.15) is 0 Å². The van der Waals surface area contributed by atoms with Crippen molar-refractivity contribution < 1.29 is 30.0 Å². The first-order valence-electron chi connectivity index (χ1n) is 3.85. The van der Waals surface area contributed by atoms with Crippen molar-refractivity contribution in [2.45, 2.75) is 24.2 Å². The van der Waals surface area contributed by atoms with Crippen LogP contribution in [0.15, 0.2) is 0 Å². The van der Waals surface area contributed by atoms with Gasteiger partial charge in [-0.15, -0.1) is 0 Å². The van der Waals surface area contributed by atoms with E-state index >= 15 is 0 Å². The van der Waals surface area contributed by atoms with Gasteiger partial charge in [0, 0.05) is 0 Å². The van der Waals surface area contributed by atoms with Crippen LogP contribution in [0.4, 0.5) is 4.79 Å². The zero-order chi connectivity index (χ0) is 10.9. The number of nitrogens with one attached hydrogen (secondary N) is 1. The third-order valence-electron chi connectivity index (χ3n) is 1.92. The number of primary amides is 1. The van der Waals surface area contributed by atoms with Gasteiger partial charge in [-0.05, 0) is 0 Å². The second kappa shape index (κ2) is 3.67. The highest BCUT2D eigenvalue weighted by atomic mass is 16.7. The molecular weight excluding hydrogens is 196 g/mol. The Balaban J connectivity index is 2.76. The third kappa shape index (κ3) is 1.79. The average Bonchev–Trinajstić information content (AvgIpc) is 2.29. The van der Waals surface area contributed by atoms with Crippen LogP contribution in [0.5, 0.6) is 0 Å². The molecule has 1 fully saturated rings. The molecule has 8 heteroatoms. The summed E-state index contributed by atoms with van der Waals surface area (Å²) < 4.78 is 4.63. The van der Waals surface area contributed by atoms with Crippen molar-refractivity contribution in [2.24, 2.45) is 5.73 Å². The van der Waals surface area contributed by atoms with E-state index in [1.54, 1.807) is 5.32 Å². The van der Waals surface area contributed by atoms with Crippen LogP contribution in [0.25, 0.3) is 0 Å². The Bertz CT molecular complexity index is 236. The summed E-state index contributed by atoms with van der Waals surface area (Å²) in [6.45, 7) is -0.610. The van der Waals surface area contributed by atoms with Gasteiger partial charge in [0.15, 0.2) is 6.10 Å². The molecule has 1 aliphatic heterocycles. The highest BCUT2D eigenvalue weighted by Crippen LogP contribution is 2.26. The highest BCUT2D eigenvalue weighted by Gasteiger charge is 2.54. The second-order valence-corrected chi connectivity index (χ2v) is 2.96. The lowest BCUT2D eigenvalue weighted by Gasteiger charge is -2.25. The Kier molecular flexibility index (Phi) is 2.92. The standard InChI is InChI=1S/C6H12N2O6/c7-5(12)8-6(13)4(11)3(10)2(1-9)14-6/h2-4,9-11,13H,1H2,(H3,7,8,12)/t2-,3-,4-,6?/m1/s1. The van der Waals surface area contributed by atoms with Gasteiger partial charge in [0.1, 0.15) is 12.2 Å². The van der Waals surface area contributed by atoms with Crippen LogP contribution >= 0.6 is 0 Å². The van der Waals surface area contributed by atoms with E-state index in [-0.39, 0.29) is 0 Å². The molecule has 7 N–H and O–H groups in total. The number of aliphatic hydroxyl groups excluding tert-OH is 3. The van der Waals surface area contributed by atoms with Crippen LogP contribution in [0.3, 0.4) is 0 Å². The number of urea groups is 1. The number of aliphatic hydroxyl groups is 4. The third-order valence-corrected chi connectivity index (χ3v) is 1.92. The molecule has 1 saturated heterocycles. The molecule has 0 radical (unpaired) electrons. The number of rotatable bonds is 2. The van der Waals surface area contributed by atoms with Crippen LogP contribution in [0.1, 0.15) is 0 Å². The number of hydrogen-bond acceptors (Lipinski definition) is 6. The summed E-state index contributed by atoms with van der Waals surface area (Å²) in [6.07, 6.45) is -4.45. The van der Waals surface area contributed by atoms with Crippen molar-refractivity contribution in [2.75, 3.05) is 6.61 Å². The molecule has 0 saturated carbocycles. The number of carbonyl (C=O) groups excluding carboxylic acids is 1. The van der Waals surface area contributed by atoms with Gasteiger partial charge < -0.3 is 30.9 Å². The zero-order valence-corrected chi connectivity index (χ0v) is 7.12. The summed E-state index contributed by atoms with van der Waals surface area (Å²) in [4.78, 5) is 10.4. The molecule has 8 nitrogen and oxygen atoms in total. The average molecular weight is 208 g/mol. The number of carbonyl (C=O) groups is 1. The molecule has 1 heterocycles. The highest BCUT2D eigenvalue weighted by molar-refractivity contribution is 5.72. The quantitative estimate of drug-likeness (QED) is 0.259. The van der Waals surface area contributed by atoms with E-state index in [4.69, 9.17) is 10.8 Å². The van der Waals surface area contributed by atoms with Crippen molar-refractivity contribution in [3.05, 3.63) is 0 Å². The fourth-order valence-corrected chi connectivity index (χ4v) is 1.23. The Hall–Kier alpha value is -0.930. The molecule has 4 atom stereocenters.